The average Bonchev–Trinajstić information content (AvgIpc) is 3.50. The predicted octanol–water partition coefficient (Wildman–Crippen LogP) is 6.94. The zero-order valence-corrected chi connectivity index (χ0v) is 23.0. The Labute approximate surface area is 239 Å². The molecule has 210 valence electrons. The smallest absolute Gasteiger partial charge is 0.255 e. The summed E-state index contributed by atoms with van der Waals surface area (Å²) in [7, 11) is 3.24. The third-order valence-corrected chi connectivity index (χ3v) is 7.36. The number of hydrogen-bond acceptors (Lipinski definition) is 7. The second-order valence-corrected chi connectivity index (χ2v) is 10.2. The molecule has 0 aliphatic heterocycles. The van der Waals surface area contributed by atoms with Gasteiger partial charge in [-0.05, 0) is 42.0 Å². The molecule has 0 amide bonds. The van der Waals surface area contributed by atoms with Crippen LogP contribution in [0.15, 0.2) is 73.2 Å². The first-order valence-corrected chi connectivity index (χ1v) is 13.3. The van der Waals surface area contributed by atoms with E-state index in [4.69, 9.17) is 25.8 Å². The Morgan fingerprint density at radius 1 is 1.05 bits per heavy atom. The lowest BCUT2D eigenvalue weighted by atomic mass is 9.91. The largest absolute Gasteiger partial charge is 0.497 e. The molecule has 6 rings (SSSR count). The molecule has 2 heterocycles. The van der Waals surface area contributed by atoms with E-state index >= 15 is 0 Å². The first-order chi connectivity index (χ1) is 19.8. The molecule has 1 saturated carbocycles. The van der Waals surface area contributed by atoms with E-state index < -0.39 is 12.0 Å². The summed E-state index contributed by atoms with van der Waals surface area (Å²) in [5.41, 5.74) is 4.74. The lowest BCUT2D eigenvalue weighted by Crippen LogP contribution is -2.43. The van der Waals surface area contributed by atoms with Crippen molar-refractivity contribution in [3.05, 3.63) is 83.8 Å². The van der Waals surface area contributed by atoms with Crippen molar-refractivity contribution in [1.29, 1.82) is 0 Å². The van der Waals surface area contributed by atoms with Crippen LogP contribution in [0.4, 0.5) is 14.5 Å². The van der Waals surface area contributed by atoms with Crippen LogP contribution in [-0.2, 0) is 6.54 Å². The number of hydrogen-bond donors (Lipinski definition) is 1. The molecular weight excluding hydrogens is 552 g/mol. The molecule has 2 aromatic heterocycles. The van der Waals surface area contributed by atoms with Gasteiger partial charge >= 0.3 is 0 Å². The molecule has 5 aromatic rings. The average molecular weight is 578 g/mol. The number of methoxy groups -OCH3 is 2. The Morgan fingerprint density at radius 3 is 2.63 bits per heavy atom. The van der Waals surface area contributed by atoms with Gasteiger partial charge in [0.15, 0.2) is 0 Å². The molecule has 1 aliphatic rings. The van der Waals surface area contributed by atoms with Crippen LogP contribution in [0.1, 0.15) is 18.4 Å². The van der Waals surface area contributed by atoms with Crippen LogP contribution >= 0.6 is 11.6 Å². The van der Waals surface area contributed by atoms with Crippen molar-refractivity contribution in [1.82, 2.24) is 20.0 Å². The quantitative estimate of drug-likeness (QED) is 0.203. The summed E-state index contributed by atoms with van der Waals surface area (Å²) in [6, 6.07) is 16.8. The number of nitrogens with zero attached hydrogens (tertiary/aromatic N) is 4. The molecule has 0 saturated heterocycles. The van der Waals surface area contributed by atoms with Crippen LogP contribution in [0.2, 0.25) is 5.02 Å². The highest BCUT2D eigenvalue weighted by Gasteiger charge is 2.47. The van der Waals surface area contributed by atoms with Gasteiger partial charge in [0.25, 0.3) is 5.92 Å². The molecule has 3 aromatic carbocycles. The van der Waals surface area contributed by atoms with Gasteiger partial charge in [-0.15, -0.1) is 0 Å². The van der Waals surface area contributed by atoms with Gasteiger partial charge < -0.3 is 19.5 Å². The minimum atomic E-state index is -2.69. The monoisotopic (exact) mass is 577 g/mol. The molecule has 0 bridgehead atoms. The van der Waals surface area contributed by atoms with E-state index in [0.29, 0.717) is 40.0 Å². The summed E-state index contributed by atoms with van der Waals surface area (Å²) in [4.78, 5) is 0. The van der Waals surface area contributed by atoms with E-state index in [-0.39, 0.29) is 12.8 Å². The van der Waals surface area contributed by atoms with Gasteiger partial charge in [-0.25, -0.2) is 13.5 Å². The molecule has 1 fully saturated rings. The lowest BCUT2D eigenvalue weighted by molar-refractivity contribution is -0.134. The fraction of sp³-hybridized carbons (Fsp3) is 0.233. The molecular formula is C30H26ClF2N5O3. The summed E-state index contributed by atoms with van der Waals surface area (Å²) in [5, 5.41) is 17.6. The fourth-order valence-corrected chi connectivity index (χ4v) is 5.10. The number of ether oxygens (including phenoxy) is 3. The molecule has 8 nitrogen and oxygen atoms in total. The van der Waals surface area contributed by atoms with Crippen molar-refractivity contribution >= 4 is 28.2 Å². The first kappa shape index (κ1) is 26.8. The lowest BCUT2D eigenvalue weighted by Gasteiger charge is -2.35. The van der Waals surface area contributed by atoms with Gasteiger partial charge in [0.1, 0.15) is 23.4 Å². The number of aromatic nitrogens is 4. The number of rotatable bonds is 9. The van der Waals surface area contributed by atoms with E-state index in [1.807, 2.05) is 36.4 Å². The molecule has 0 radical (unpaired) electrons. The van der Waals surface area contributed by atoms with E-state index in [9.17, 15) is 8.78 Å². The molecule has 11 heteroatoms. The molecule has 0 unspecified atom stereocenters. The van der Waals surface area contributed by atoms with E-state index in [0.717, 1.165) is 27.8 Å². The van der Waals surface area contributed by atoms with Gasteiger partial charge in [-0.3, -0.25) is 0 Å². The van der Waals surface area contributed by atoms with Crippen molar-refractivity contribution in [2.75, 3.05) is 19.5 Å². The second kappa shape index (κ2) is 10.9. The summed E-state index contributed by atoms with van der Waals surface area (Å²) in [5.74, 6) is -0.926. The number of halogens is 3. The number of anilines is 1. The maximum Gasteiger partial charge on any atom is 0.255 e. The molecule has 41 heavy (non-hydrogen) atoms. The maximum absolute atomic E-state index is 13.4. The van der Waals surface area contributed by atoms with Crippen molar-refractivity contribution in [2.45, 2.75) is 31.4 Å². The number of benzene rings is 3. The van der Waals surface area contributed by atoms with Gasteiger partial charge in [-0.1, -0.05) is 17.7 Å². The number of alkyl halides is 2. The third-order valence-electron chi connectivity index (χ3n) is 7.06. The third kappa shape index (κ3) is 5.47. The Hall–Kier alpha value is -4.44. The van der Waals surface area contributed by atoms with E-state index in [2.05, 4.69) is 20.6 Å². The van der Waals surface area contributed by atoms with Gasteiger partial charge in [-0.2, -0.15) is 15.3 Å². The molecule has 1 N–H and O–H groups in total. The summed E-state index contributed by atoms with van der Waals surface area (Å²) in [6.07, 6.45) is 3.90. The van der Waals surface area contributed by atoms with Crippen molar-refractivity contribution in [3.63, 3.8) is 0 Å². The minimum Gasteiger partial charge on any atom is -0.497 e. The van der Waals surface area contributed by atoms with Crippen LogP contribution in [0, 0.1) is 0 Å². The van der Waals surface area contributed by atoms with Crippen molar-refractivity contribution in [3.8, 4) is 34.1 Å². The SMILES string of the molecule is COc1ccc(CNc2cnnc3cc(-c4cc(Cl)c(OC5CC(F)(F)C5)cc4-n4cccn4)ccc23)c(OC)c1. The highest BCUT2D eigenvalue weighted by molar-refractivity contribution is 6.32. The first-order valence-electron chi connectivity index (χ1n) is 12.9. The van der Waals surface area contributed by atoms with Crippen LogP contribution < -0.4 is 19.5 Å². The standard InChI is InChI=1S/C30H26ClF2N5O3/c1-39-20-6-4-19(28(11-20)40-2)16-34-26-17-35-37-25-10-18(5-7-22(25)26)23-12-24(31)29(41-21-14-30(32,33)15-21)13-27(23)38-9-3-8-36-38/h3-13,17,21H,14-16H2,1-2H3,(H,34,37). The predicted molar refractivity (Wildman–Crippen MR) is 153 cm³/mol. The van der Waals surface area contributed by atoms with Gasteiger partial charge in [0.2, 0.25) is 0 Å². The normalized spacial score (nSPS) is 14.5. The van der Waals surface area contributed by atoms with Crippen LogP contribution in [0.5, 0.6) is 17.2 Å². The van der Waals surface area contributed by atoms with Crippen LogP contribution in [0.25, 0.3) is 27.7 Å². The van der Waals surface area contributed by atoms with Gasteiger partial charge in [0, 0.05) is 60.4 Å². The van der Waals surface area contributed by atoms with Gasteiger partial charge in [0.05, 0.1) is 42.3 Å². The van der Waals surface area contributed by atoms with Crippen molar-refractivity contribution in [2.24, 2.45) is 0 Å². The Kier molecular flexibility index (Phi) is 7.08. The number of fused-ring (bicyclic) bond motifs is 1. The Morgan fingerprint density at radius 2 is 1.90 bits per heavy atom. The Bertz CT molecular complexity index is 1710. The highest BCUT2D eigenvalue weighted by atomic mass is 35.5. The zero-order valence-electron chi connectivity index (χ0n) is 22.3. The Balaban J connectivity index is 1.31. The fourth-order valence-electron chi connectivity index (χ4n) is 4.89. The van der Waals surface area contributed by atoms with E-state index in [1.54, 1.807) is 55.7 Å². The van der Waals surface area contributed by atoms with E-state index in [1.165, 1.54) is 0 Å². The molecule has 0 spiro atoms. The summed E-state index contributed by atoms with van der Waals surface area (Å²) in [6.45, 7) is 0.503. The van der Waals surface area contributed by atoms with Crippen molar-refractivity contribution < 1.29 is 23.0 Å². The minimum absolute atomic E-state index is 0.321. The highest BCUT2D eigenvalue weighted by Crippen LogP contribution is 2.43. The topological polar surface area (TPSA) is 83.3 Å². The zero-order chi connectivity index (χ0) is 28.6. The van der Waals surface area contributed by atoms with Crippen LogP contribution in [-0.4, -0.2) is 46.2 Å². The number of nitrogens with one attached hydrogen (secondary N) is 1. The second-order valence-electron chi connectivity index (χ2n) is 9.78. The molecule has 0 atom stereocenters. The van der Waals surface area contributed by atoms with Crippen LogP contribution in [0.3, 0.4) is 0 Å². The summed E-state index contributed by atoms with van der Waals surface area (Å²) >= 11 is 6.60. The summed E-state index contributed by atoms with van der Waals surface area (Å²) < 4.78 is 45.1. The maximum atomic E-state index is 13.4. The molecule has 1 aliphatic carbocycles.